The average Bonchev–Trinajstić information content (AvgIpc) is 2.67. The van der Waals surface area contributed by atoms with Gasteiger partial charge in [-0.25, -0.2) is 4.98 Å². The number of carbonyl (C=O) groups is 1. The molecule has 1 amide bonds. The van der Waals surface area contributed by atoms with E-state index < -0.39 is 0 Å². The maximum atomic E-state index is 12.7. The minimum Gasteiger partial charge on any atom is -0.371 e. The van der Waals surface area contributed by atoms with Crippen molar-refractivity contribution in [1.29, 1.82) is 0 Å². The number of nitrogens with zero attached hydrogens (tertiary/aromatic N) is 2. The Bertz CT molecular complexity index is 922. The van der Waals surface area contributed by atoms with Crippen LogP contribution in [0.5, 0.6) is 0 Å². The Hall–Kier alpha value is -2.72. The van der Waals surface area contributed by atoms with E-state index in [2.05, 4.69) is 23.2 Å². The highest BCUT2D eigenvalue weighted by atomic mass is 16.5. The number of rotatable bonds is 3. The van der Waals surface area contributed by atoms with Crippen LogP contribution in [0, 0.1) is 0 Å². The van der Waals surface area contributed by atoms with Crippen molar-refractivity contribution in [1.82, 2.24) is 9.88 Å². The van der Waals surface area contributed by atoms with Crippen molar-refractivity contribution in [3.8, 4) is 0 Å². The highest BCUT2D eigenvalue weighted by Crippen LogP contribution is 2.21. The van der Waals surface area contributed by atoms with Gasteiger partial charge in [-0.15, -0.1) is 0 Å². The van der Waals surface area contributed by atoms with Gasteiger partial charge < -0.3 is 9.64 Å². The quantitative estimate of drug-likeness (QED) is 0.738. The summed E-state index contributed by atoms with van der Waals surface area (Å²) in [5, 5.41) is 1.04. The molecule has 1 aliphatic heterocycles. The van der Waals surface area contributed by atoms with Gasteiger partial charge in [0, 0.05) is 25.4 Å². The largest absolute Gasteiger partial charge is 0.371 e. The third-order valence-corrected chi connectivity index (χ3v) is 4.68. The Labute approximate surface area is 147 Å². The van der Waals surface area contributed by atoms with Crippen LogP contribution in [-0.4, -0.2) is 35.5 Å². The van der Waals surface area contributed by atoms with Crippen LogP contribution in [0.1, 0.15) is 21.6 Å². The van der Waals surface area contributed by atoms with E-state index in [4.69, 9.17) is 4.74 Å². The number of amides is 1. The molecule has 0 saturated carbocycles. The lowest BCUT2D eigenvalue weighted by molar-refractivity contribution is 0.00973. The molecule has 1 unspecified atom stereocenters. The second kappa shape index (κ2) is 6.65. The zero-order valence-electron chi connectivity index (χ0n) is 14.2. The number of hydrogen-bond donors (Lipinski definition) is 0. The molecule has 126 valence electrons. The first-order valence-corrected chi connectivity index (χ1v) is 8.50. The van der Waals surface area contributed by atoms with Gasteiger partial charge in [0.1, 0.15) is 5.69 Å². The van der Waals surface area contributed by atoms with Crippen LogP contribution in [0.4, 0.5) is 0 Å². The van der Waals surface area contributed by atoms with Gasteiger partial charge in [0.05, 0.1) is 18.2 Å². The number of pyridine rings is 1. The summed E-state index contributed by atoms with van der Waals surface area (Å²) in [6.07, 6.45) is 0.850. The first kappa shape index (κ1) is 15.8. The van der Waals surface area contributed by atoms with Crippen molar-refractivity contribution in [3.05, 3.63) is 77.5 Å². The molecule has 0 saturated heterocycles. The third kappa shape index (κ3) is 3.26. The Morgan fingerprint density at radius 1 is 1.08 bits per heavy atom. The van der Waals surface area contributed by atoms with Crippen LogP contribution in [0.3, 0.4) is 0 Å². The van der Waals surface area contributed by atoms with E-state index in [0.717, 1.165) is 17.3 Å². The van der Waals surface area contributed by atoms with Crippen molar-refractivity contribution < 1.29 is 9.53 Å². The second-order valence-electron chi connectivity index (χ2n) is 6.48. The molecule has 4 rings (SSSR count). The number of carbonyl (C=O) groups excluding carboxylic acids is 1. The van der Waals surface area contributed by atoms with Crippen molar-refractivity contribution in [3.63, 3.8) is 0 Å². The number of ether oxygens (including phenoxy) is 1. The first-order valence-electron chi connectivity index (χ1n) is 8.50. The predicted octanol–water partition coefficient (Wildman–Crippen LogP) is 3.45. The van der Waals surface area contributed by atoms with Crippen LogP contribution in [0.25, 0.3) is 10.9 Å². The van der Waals surface area contributed by atoms with Gasteiger partial charge in [-0.1, -0.05) is 48.5 Å². The van der Waals surface area contributed by atoms with Crippen molar-refractivity contribution >= 4 is 16.8 Å². The molecular weight excluding hydrogens is 312 g/mol. The van der Waals surface area contributed by atoms with Gasteiger partial charge >= 0.3 is 0 Å². The number of benzene rings is 2. The minimum absolute atomic E-state index is 0.0179. The van der Waals surface area contributed by atoms with E-state index in [1.807, 2.05) is 43.4 Å². The summed E-state index contributed by atoms with van der Waals surface area (Å²) in [6.45, 7) is 1.17. The lowest BCUT2D eigenvalue weighted by Crippen LogP contribution is -2.38. The molecule has 0 fully saturated rings. The van der Waals surface area contributed by atoms with E-state index in [0.29, 0.717) is 18.8 Å². The molecule has 0 spiro atoms. The SMILES string of the molecule is CN(CC1Cc2ccccc2CO1)C(=O)c1ccc2ccccc2n1. The molecule has 1 aromatic heterocycles. The monoisotopic (exact) mass is 332 g/mol. The molecule has 0 N–H and O–H groups in total. The van der Waals surface area contributed by atoms with Gasteiger partial charge in [-0.3, -0.25) is 4.79 Å². The highest BCUT2D eigenvalue weighted by Gasteiger charge is 2.23. The average molecular weight is 332 g/mol. The number of para-hydroxylation sites is 1. The Balaban J connectivity index is 1.47. The fraction of sp³-hybridized carbons (Fsp3) is 0.238. The topological polar surface area (TPSA) is 42.4 Å². The van der Waals surface area contributed by atoms with Crippen LogP contribution >= 0.6 is 0 Å². The molecule has 0 radical (unpaired) electrons. The molecule has 0 aliphatic carbocycles. The molecule has 4 nitrogen and oxygen atoms in total. The number of fused-ring (bicyclic) bond motifs is 2. The van der Waals surface area contributed by atoms with Gasteiger partial charge in [0.25, 0.3) is 5.91 Å². The molecule has 1 atom stereocenters. The highest BCUT2D eigenvalue weighted by molar-refractivity contribution is 5.94. The molecule has 4 heteroatoms. The van der Waals surface area contributed by atoms with Crippen molar-refractivity contribution in [2.24, 2.45) is 0 Å². The van der Waals surface area contributed by atoms with E-state index in [-0.39, 0.29) is 12.0 Å². The summed E-state index contributed by atoms with van der Waals surface area (Å²) in [7, 11) is 1.81. The second-order valence-corrected chi connectivity index (χ2v) is 6.48. The molecule has 3 aromatic rings. The van der Waals surface area contributed by atoms with Gasteiger partial charge in [-0.2, -0.15) is 0 Å². The summed E-state index contributed by atoms with van der Waals surface area (Å²) in [5.41, 5.74) is 3.86. The zero-order valence-corrected chi connectivity index (χ0v) is 14.2. The third-order valence-electron chi connectivity index (χ3n) is 4.68. The Morgan fingerprint density at radius 3 is 2.72 bits per heavy atom. The summed E-state index contributed by atoms with van der Waals surface area (Å²) in [4.78, 5) is 18.9. The standard InChI is InChI=1S/C21H20N2O2/c1-23(13-18-12-16-7-2-3-8-17(16)14-25-18)21(24)20-11-10-15-6-4-5-9-19(15)22-20/h2-11,18H,12-14H2,1H3. The Morgan fingerprint density at radius 2 is 1.84 bits per heavy atom. The maximum Gasteiger partial charge on any atom is 0.272 e. The Kier molecular flexibility index (Phi) is 4.20. The first-order chi connectivity index (χ1) is 12.2. The summed E-state index contributed by atoms with van der Waals surface area (Å²) in [6, 6.07) is 19.9. The predicted molar refractivity (Wildman–Crippen MR) is 97.4 cm³/mol. The molecule has 0 bridgehead atoms. The molecule has 25 heavy (non-hydrogen) atoms. The maximum absolute atomic E-state index is 12.7. The number of hydrogen-bond acceptors (Lipinski definition) is 3. The summed E-state index contributed by atoms with van der Waals surface area (Å²) >= 11 is 0. The number of aromatic nitrogens is 1. The van der Waals surface area contributed by atoms with E-state index >= 15 is 0 Å². The van der Waals surface area contributed by atoms with Crippen LogP contribution in [0.2, 0.25) is 0 Å². The summed E-state index contributed by atoms with van der Waals surface area (Å²) < 4.78 is 5.92. The van der Waals surface area contributed by atoms with Crippen LogP contribution in [0.15, 0.2) is 60.7 Å². The van der Waals surface area contributed by atoms with E-state index in [9.17, 15) is 4.79 Å². The van der Waals surface area contributed by atoms with Gasteiger partial charge in [-0.05, 0) is 23.3 Å². The number of likely N-dealkylation sites (N-methyl/N-ethyl adjacent to an activating group) is 1. The van der Waals surface area contributed by atoms with E-state index in [1.165, 1.54) is 11.1 Å². The van der Waals surface area contributed by atoms with Crippen LogP contribution < -0.4 is 0 Å². The molecule has 2 aromatic carbocycles. The van der Waals surface area contributed by atoms with Crippen molar-refractivity contribution in [2.75, 3.05) is 13.6 Å². The van der Waals surface area contributed by atoms with Gasteiger partial charge in [0.2, 0.25) is 0 Å². The van der Waals surface area contributed by atoms with E-state index in [1.54, 1.807) is 11.0 Å². The zero-order chi connectivity index (χ0) is 17.2. The lowest BCUT2D eigenvalue weighted by atomic mass is 9.99. The fourth-order valence-electron chi connectivity index (χ4n) is 3.30. The van der Waals surface area contributed by atoms with Crippen molar-refractivity contribution in [2.45, 2.75) is 19.1 Å². The molecular formula is C21H20N2O2. The van der Waals surface area contributed by atoms with Gasteiger partial charge in [0.15, 0.2) is 0 Å². The molecule has 2 heterocycles. The summed E-state index contributed by atoms with van der Waals surface area (Å²) in [5.74, 6) is -0.0757. The lowest BCUT2D eigenvalue weighted by Gasteiger charge is -2.29. The van der Waals surface area contributed by atoms with Crippen LogP contribution in [-0.2, 0) is 17.8 Å². The minimum atomic E-state index is -0.0757. The smallest absolute Gasteiger partial charge is 0.272 e. The molecule has 1 aliphatic rings. The normalized spacial score (nSPS) is 16.4. The fourth-order valence-corrected chi connectivity index (χ4v) is 3.30.